The van der Waals surface area contributed by atoms with E-state index in [2.05, 4.69) is 53.2 Å². The second kappa shape index (κ2) is 5.50. The van der Waals surface area contributed by atoms with Gasteiger partial charge >= 0.3 is 0 Å². The van der Waals surface area contributed by atoms with Gasteiger partial charge in [0.2, 0.25) is 0 Å². The van der Waals surface area contributed by atoms with Crippen molar-refractivity contribution in [2.75, 3.05) is 19.1 Å². The van der Waals surface area contributed by atoms with Gasteiger partial charge in [-0.2, -0.15) is 11.8 Å². The number of thioether (sulfide) groups is 1. The van der Waals surface area contributed by atoms with Crippen molar-refractivity contribution in [3.8, 4) is 0 Å². The topological polar surface area (TPSA) is 21.3 Å². The summed E-state index contributed by atoms with van der Waals surface area (Å²) in [6.07, 6.45) is 3.33. The third-order valence-electron chi connectivity index (χ3n) is 3.95. The van der Waals surface area contributed by atoms with Crippen molar-refractivity contribution in [3.05, 3.63) is 0 Å². The smallest absolute Gasteiger partial charge is 0.0677 e. The number of nitrogens with one attached hydrogen (secondary N) is 1. The Morgan fingerprint density at radius 1 is 1.35 bits per heavy atom. The van der Waals surface area contributed by atoms with E-state index in [0.717, 1.165) is 6.42 Å². The van der Waals surface area contributed by atoms with E-state index in [1.165, 1.54) is 5.75 Å². The molecule has 0 aromatic rings. The predicted molar refractivity (Wildman–Crippen MR) is 77.7 cm³/mol. The van der Waals surface area contributed by atoms with Crippen LogP contribution in [0.5, 0.6) is 0 Å². The Labute approximate surface area is 111 Å². The van der Waals surface area contributed by atoms with E-state index < -0.39 is 0 Å². The van der Waals surface area contributed by atoms with Crippen LogP contribution in [0, 0.1) is 11.8 Å². The lowest BCUT2D eigenvalue weighted by Crippen LogP contribution is -2.47. The van der Waals surface area contributed by atoms with Gasteiger partial charge in [-0.15, -0.1) is 0 Å². The van der Waals surface area contributed by atoms with E-state index in [1.54, 1.807) is 0 Å². The Bertz CT molecular complexity index is 253. The first kappa shape index (κ1) is 15.3. The molecule has 0 amide bonds. The van der Waals surface area contributed by atoms with E-state index in [-0.39, 0.29) is 11.2 Å². The minimum atomic E-state index is -0.0240. The minimum Gasteiger partial charge on any atom is -0.369 e. The second-order valence-electron chi connectivity index (χ2n) is 6.52. The van der Waals surface area contributed by atoms with Crippen molar-refractivity contribution in [2.45, 2.75) is 58.3 Å². The van der Waals surface area contributed by atoms with Crippen LogP contribution >= 0.6 is 11.8 Å². The lowest BCUT2D eigenvalue weighted by atomic mass is 9.77. The Morgan fingerprint density at radius 2 is 1.94 bits per heavy atom. The normalized spacial score (nSPS) is 30.2. The molecular formula is C14H29NOS. The molecule has 2 nitrogen and oxygen atoms in total. The Balaban J connectivity index is 2.82. The van der Waals surface area contributed by atoms with Crippen LogP contribution in [0.2, 0.25) is 0 Å². The number of hydrogen-bond donors (Lipinski definition) is 1. The Hall–Kier alpha value is 0.270. The standard InChI is InChI=1S/C14H29NOS/c1-10(9-17-7)12(15-6)11-8-13(2,3)16-14(11,4)5/h10-12,15H,8-9H2,1-7H3. The highest BCUT2D eigenvalue weighted by molar-refractivity contribution is 7.98. The molecule has 1 aliphatic rings. The van der Waals surface area contributed by atoms with Gasteiger partial charge < -0.3 is 10.1 Å². The summed E-state index contributed by atoms with van der Waals surface area (Å²) >= 11 is 1.93. The van der Waals surface area contributed by atoms with Gasteiger partial charge in [0.15, 0.2) is 0 Å². The van der Waals surface area contributed by atoms with Crippen LogP contribution < -0.4 is 5.32 Å². The molecule has 0 aromatic carbocycles. The van der Waals surface area contributed by atoms with E-state index in [0.29, 0.717) is 17.9 Å². The van der Waals surface area contributed by atoms with Crippen LogP contribution in [0.1, 0.15) is 41.0 Å². The summed E-state index contributed by atoms with van der Waals surface area (Å²) in [6.45, 7) is 11.2. The van der Waals surface area contributed by atoms with Crippen LogP contribution in [0.4, 0.5) is 0 Å². The van der Waals surface area contributed by atoms with E-state index in [1.807, 2.05) is 11.8 Å². The average Bonchev–Trinajstić information content (AvgIpc) is 2.36. The molecule has 0 radical (unpaired) electrons. The maximum atomic E-state index is 6.21. The first-order valence-corrected chi connectivity index (χ1v) is 7.99. The summed E-state index contributed by atoms with van der Waals surface area (Å²) in [4.78, 5) is 0. The second-order valence-corrected chi connectivity index (χ2v) is 7.43. The quantitative estimate of drug-likeness (QED) is 0.819. The third-order valence-corrected chi connectivity index (χ3v) is 4.81. The minimum absolute atomic E-state index is 0.0162. The maximum absolute atomic E-state index is 6.21. The lowest BCUT2D eigenvalue weighted by molar-refractivity contribution is -0.0788. The van der Waals surface area contributed by atoms with Crippen LogP contribution in [-0.2, 0) is 4.74 Å². The van der Waals surface area contributed by atoms with Crippen LogP contribution in [-0.4, -0.2) is 36.3 Å². The van der Waals surface area contributed by atoms with Gasteiger partial charge in [0.05, 0.1) is 11.2 Å². The van der Waals surface area contributed by atoms with Gasteiger partial charge in [0, 0.05) is 12.0 Å². The molecule has 3 unspecified atom stereocenters. The fourth-order valence-corrected chi connectivity index (χ4v) is 4.15. The zero-order chi connectivity index (χ0) is 13.3. The van der Waals surface area contributed by atoms with Gasteiger partial charge in [-0.1, -0.05) is 6.92 Å². The maximum Gasteiger partial charge on any atom is 0.0677 e. The molecule has 0 bridgehead atoms. The van der Waals surface area contributed by atoms with Crippen molar-refractivity contribution in [1.29, 1.82) is 0 Å². The molecule has 0 saturated carbocycles. The molecule has 1 rings (SSSR count). The molecule has 102 valence electrons. The zero-order valence-corrected chi connectivity index (χ0v) is 13.3. The van der Waals surface area contributed by atoms with Crippen molar-refractivity contribution in [1.82, 2.24) is 5.32 Å². The zero-order valence-electron chi connectivity index (χ0n) is 12.5. The molecule has 17 heavy (non-hydrogen) atoms. The van der Waals surface area contributed by atoms with Gasteiger partial charge in [0.1, 0.15) is 0 Å². The summed E-state index contributed by atoms with van der Waals surface area (Å²) in [7, 11) is 2.09. The molecule has 1 fully saturated rings. The van der Waals surface area contributed by atoms with Crippen LogP contribution in [0.15, 0.2) is 0 Å². The molecule has 3 atom stereocenters. The van der Waals surface area contributed by atoms with Crippen molar-refractivity contribution in [3.63, 3.8) is 0 Å². The monoisotopic (exact) mass is 259 g/mol. The molecule has 1 heterocycles. The average molecular weight is 259 g/mol. The first-order chi connectivity index (χ1) is 7.73. The number of hydrogen-bond acceptors (Lipinski definition) is 3. The summed E-state index contributed by atoms with van der Waals surface area (Å²) in [5.41, 5.74) is -0.00775. The Morgan fingerprint density at radius 3 is 2.29 bits per heavy atom. The molecule has 1 saturated heterocycles. The lowest BCUT2D eigenvalue weighted by Gasteiger charge is -2.36. The number of rotatable bonds is 5. The predicted octanol–water partition coefficient (Wildman–Crippen LogP) is 3.17. The SMILES string of the molecule is CNC(C(C)CSC)C1CC(C)(C)OC1(C)C. The number of ether oxygens (including phenoxy) is 1. The molecular weight excluding hydrogens is 230 g/mol. The van der Waals surface area contributed by atoms with Gasteiger partial charge in [0.25, 0.3) is 0 Å². The van der Waals surface area contributed by atoms with Crippen molar-refractivity contribution in [2.24, 2.45) is 11.8 Å². The summed E-state index contributed by atoms with van der Waals surface area (Å²) in [5, 5.41) is 3.53. The first-order valence-electron chi connectivity index (χ1n) is 6.60. The molecule has 1 aliphatic heterocycles. The van der Waals surface area contributed by atoms with Crippen molar-refractivity contribution < 1.29 is 4.74 Å². The van der Waals surface area contributed by atoms with Gasteiger partial charge in [-0.05, 0) is 59.1 Å². The largest absolute Gasteiger partial charge is 0.369 e. The summed E-state index contributed by atoms with van der Waals surface area (Å²) in [6, 6.07) is 0.541. The molecule has 3 heteroatoms. The van der Waals surface area contributed by atoms with E-state index in [9.17, 15) is 0 Å². The van der Waals surface area contributed by atoms with E-state index >= 15 is 0 Å². The summed E-state index contributed by atoms with van der Waals surface area (Å²) < 4.78 is 6.21. The summed E-state index contributed by atoms with van der Waals surface area (Å²) in [5.74, 6) is 2.47. The van der Waals surface area contributed by atoms with Crippen LogP contribution in [0.25, 0.3) is 0 Å². The molecule has 1 N–H and O–H groups in total. The Kier molecular flexibility index (Phi) is 4.96. The molecule has 0 aromatic heterocycles. The fourth-order valence-electron chi connectivity index (χ4n) is 3.41. The van der Waals surface area contributed by atoms with Crippen LogP contribution in [0.3, 0.4) is 0 Å². The van der Waals surface area contributed by atoms with Gasteiger partial charge in [-0.3, -0.25) is 0 Å². The molecule has 0 aliphatic carbocycles. The van der Waals surface area contributed by atoms with Gasteiger partial charge in [-0.25, -0.2) is 0 Å². The third kappa shape index (κ3) is 3.62. The van der Waals surface area contributed by atoms with Crippen molar-refractivity contribution >= 4 is 11.8 Å². The van der Waals surface area contributed by atoms with E-state index in [4.69, 9.17) is 4.74 Å². The highest BCUT2D eigenvalue weighted by Crippen LogP contribution is 2.45. The molecule has 0 spiro atoms. The fraction of sp³-hybridized carbons (Fsp3) is 1.00. The highest BCUT2D eigenvalue weighted by atomic mass is 32.2. The highest BCUT2D eigenvalue weighted by Gasteiger charge is 2.49.